The van der Waals surface area contributed by atoms with Gasteiger partial charge in [0.25, 0.3) is 0 Å². The van der Waals surface area contributed by atoms with Gasteiger partial charge in [-0.1, -0.05) is 12.2 Å². The number of amides is 1. The molecule has 0 unspecified atom stereocenters. The molecular weight excluding hydrogens is 246 g/mol. The molecule has 94 valence electrons. The van der Waals surface area contributed by atoms with Gasteiger partial charge in [-0.3, -0.25) is 4.79 Å². The van der Waals surface area contributed by atoms with E-state index in [1.54, 1.807) is 0 Å². The summed E-state index contributed by atoms with van der Waals surface area (Å²) in [6.07, 6.45) is 6.85. The second-order valence-corrected chi connectivity index (χ2v) is 5.78. The number of thiazole rings is 1. The molecule has 1 N–H and O–H groups in total. The van der Waals surface area contributed by atoms with Crippen molar-refractivity contribution in [3.63, 3.8) is 0 Å². The van der Waals surface area contributed by atoms with Crippen LogP contribution < -0.4 is 5.43 Å². The number of carbonyl (C=O) groups excluding carboxylic acids is 1. The SMILES string of the molecule is Cc1csc(CC(=O)N/N=C2/C[C@@H]3C=CC[C@H]23)n1. The zero-order valence-electron chi connectivity index (χ0n) is 10.2. The minimum atomic E-state index is -0.0775. The predicted molar refractivity (Wildman–Crippen MR) is 71.5 cm³/mol. The van der Waals surface area contributed by atoms with Crippen molar-refractivity contribution in [1.82, 2.24) is 10.4 Å². The number of hydrogen-bond acceptors (Lipinski definition) is 4. The van der Waals surface area contributed by atoms with Crippen molar-refractivity contribution >= 4 is 23.0 Å². The number of aromatic nitrogens is 1. The molecule has 2 aliphatic carbocycles. The molecule has 0 spiro atoms. The summed E-state index contributed by atoms with van der Waals surface area (Å²) in [6, 6.07) is 0. The van der Waals surface area contributed by atoms with E-state index < -0.39 is 0 Å². The Morgan fingerprint density at radius 2 is 2.56 bits per heavy atom. The van der Waals surface area contributed by atoms with Gasteiger partial charge in [-0.2, -0.15) is 5.10 Å². The van der Waals surface area contributed by atoms with E-state index in [9.17, 15) is 4.79 Å². The van der Waals surface area contributed by atoms with E-state index in [1.165, 1.54) is 11.3 Å². The summed E-state index contributed by atoms with van der Waals surface area (Å²) in [6.45, 7) is 1.93. The number of aryl methyl sites for hydroxylation is 1. The topological polar surface area (TPSA) is 54.4 Å². The Bertz CT molecular complexity index is 532. The molecule has 1 aromatic rings. The summed E-state index contributed by atoms with van der Waals surface area (Å²) in [4.78, 5) is 16.0. The summed E-state index contributed by atoms with van der Waals surface area (Å²) in [5.41, 5.74) is 4.74. The van der Waals surface area contributed by atoms with E-state index in [2.05, 4.69) is 27.7 Å². The summed E-state index contributed by atoms with van der Waals surface area (Å²) >= 11 is 1.52. The zero-order valence-corrected chi connectivity index (χ0v) is 11.0. The first kappa shape index (κ1) is 11.6. The second-order valence-electron chi connectivity index (χ2n) is 4.84. The Hall–Kier alpha value is -1.49. The average molecular weight is 261 g/mol. The van der Waals surface area contributed by atoms with Gasteiger partial charge in [0.2, 0.25) is 5.91 Å². The monoisotopic (exact) mass is 261 g/mol. The van der Waals surface area contributed by atoms with Gasteiger partial charge in [0.15, 0.2) is 0 Å². The van der Waals surface area contributed by atoms with Crippen LogP contribution in [-0.2, 0) is 11.2 Å². The highest BCUT2D eigenvalue weighted by molar-refractivity contribution is 7.09. The number of fused-ring (bicyclic) bond motifs is 1. The maximum absolute atomic E-state index is 11.7. The summed E-state index contributed by atoms with van der Waals surface area (Å²) in [5.74, 6) is 1.14. The Balaban J connectivity index is 1.51. The number of nitrogens with one attached hydrogen (secondary N) is 1. The molecule has 0 radical (unpaired) electrons. The van der Waals surface area contributed by atoms with Crippen LogP contribution in [0.1, 0.15) is 23.5 Å². The van der Waals surface area contributed by atoms with Crippen LogP contribution in [0.5, 0.6) is 0 Å². The van der Waals surface area contributed by atoms with Crippen molar-refractivity contribution < 1.29 is 4.79 Å². The van der Waals surface area contributed by atoms with Gasteiger partial charge in [0.05, 0.1) is 6.42 Å². The third-order valence-electron chi connectivity index (χ3n) is 3.47. The number of hydrazone groups is 1. The molecule has 0 aromatic carbocycles. The molecule has 1 heterocycles. The van der Waals surface area contributed by atoms with Gasteiger partial charge < -0.3 is 0 Å². The zero-order chi connectivity index (χ0) is 12.5. The molecule has 4 nitrogen and oxygen atoms in total. The third-order valence-corrected chi connectivity index (χ3v) is 4.43. The Labute approximate surface area is 110 Å². The molecule has 18 heavy (non-hydrogen) atoms. The lowest BCUT2D eigenvalue weighted by atomic mass is 9.74. The van der Waals surface area contributed by atoms with E-state index in [0.717, 1.165) is 29.3 Å². The standard InChI is InChI=1S/C13H15N3OS/c1-8-7-18-13(14-8)6-12(17)16-15-11-5-9-3-2-4-10(9)11/h2-3,7,9-10H,4-6H2,1H3,(H,16,17)/b15-11-/t9-,10-/m0/s1. The highest BCUT2D eigenvalue weighted by atomic mass is 32.1. The largest absolute Gasteiger partial charge is 0.273 e. The van der Waals surface area contributed by atoms with Crippen molar-refractivity contribution in [2.45, 2.75) is 26.2 Å². The van der Waals surface area contributed by atoms with E-state index >= 15 is 0 Å². The van der Waals surface area contributed by atoms with Crippen LogP contribution in [0.2, 0.25) is 0 Å². The van der Waals surface area contributed by atoms with Crippen molar-refractivity contribution in [3.05, 3.63) is 28.2 Å². The van der Waals surface area contributed by atoms with Gasteiger partial charge in [-0.05, 0) is 25.7 Å². The fourth-order valence-electron chi connectivity index (χ4n) is 2.46. The minimum Gasteiger partial charge on any atom is -0.273 e. The van der Waals surface area contributed by atoms with Crippen molar-refractivity contribution in [2.24, 2.45) is 16.9 Å². The number of carbonyl (C=O) groups is 1. The first-order chi connectivity index (χ1) is 8.72. The lowest BCUT2D eigenvalue weighted by Crippen LogP contribution is -2.35. The summed E-state index contributed by atoms with van der Waals surface area (Å²) in [7, 11) is 0. The van der Waals surface area contributed by atoms with Gasteiger partial charge in [0.1, 0.15) is 5.01 Å². The Morgan fingerprint density at radius 3 is 3.28 bits per heavy atom. The molecule has 0 aliphatic heterocycles. The fourth-order valence-corrected chi connectivity index (χ4v) is 3.23. The number of allylic oxidation sites excluding steroid dienone is 2. The highest BCUT2D eigenvalue weighted by Crippen LogP contribution is 2.39. The highest BCUT2D eigenvalue weighted by Gasteiger charge is 2.37. The van der Waals surface area contributed by atoms with E-state index in [1.807, 2.05) is 12.3 Å². The quantitative estimate of drug-likeness (QED) is 0.669. The van der Waals surface area contributed by atoms with Crippen LogP contribution >= 0.6 is 11.3 Å². The molecule has 1 aromatic heterocycles. The smallest absolute Gasteiger partial charge is 0.246 e. The van der Waals surface area contributed by atoms with Crippen LogP contribution in [0.25, 0.3) is 0 Å². The van der Waals surface area contributed by atoms with Crippen LogP contribution in [0.3, 0.4) is 0 Å². The van der Waals surface area contributed by atoms with Gasteiger partial charge in [-0.15, -0.1) is 11.3 Å². The van der Waals surface area contributed by atoms with Crippen LogP contribution in [0, 0.1) is 18.8 Å². The number of nitrogens with zero attached hydrogens (tertiary/aromatic N) is 2. The van der Waals surface area contributed by atoms with Crippen molar-refractivity contribution in [1.29, 1.82) is 0 Å². The Morgan fingerprint density at radius 1 is 1.67 bits per heavy atom. The number of hydrogen-bond donors (Lipinski definition) is 1. The first-order valence-corrected chi connectivity index (χ1v) is 7.03. The molecule has 1 fully saturated rings. The van der Waals surface area contributed by atoms with E-state index in [0.29, 0.717) is 18.3 Å². The molecule has 2 atom stereocenters. The average Bonchev–Trinajstić information content (AvgIpc) is 2.86. The lowest BCUT2D eigenvalue weighted by molar-refractivity contribution is -0.120. The third kappa shape index (κ3) is 2.22. The molecule has 0 saturated heterocycles. The molecule has 1 saturated carbocycles. The molecular formula is C13H15N3OS. The maximum Gasteiger partial charge on any atom is 0.246 e. The summed E-state index contributed by atoms with van der Waals surface area (Å²) < 4.78 is 0. The van der Waals surface area contributed by atoms with Crippen molar-refractivity contribution in [2.75, 3.05) is 0 Å². The second kappa shape index (κ2) is 4.65. The van der Waals surface area contributed by atoms with E-state index in [-0.39, 0.29) is 5.91 Å². The minimum absolute atomic E-state index is 0.0775. The number of rotatable bonds is 3. The predicted octanol–water partition coefficient (Wildman–Crippen LogP) is 2.06. The van der Waals surface area contributed by atoms with Crippen LogP contribution in [0.15, 0.2) is 22.6 Å². The lowest BCUT2D eigenvalue weighted by Gasteiger charge is -2.31. The molecule has 0 bridgehead atoms. The molecule has 1 amide bonds. The Kier molecular flexibility index (Phi) is 2.99. The van der Waals surface area contributed by atoms with Crippen molar-refractivity contribution in [3.8, 4) is 0 Å². The van der Waals surface area contributed by atoms with Gasteiger partial charge >= 0.3 is 0 Å². The maximum atomic E-state index is 11.7. The molecule has 2 aliphatic rings. The molecule has 5 heteroatoms. The van der Waals surface area contributed by atoms with E-state index in [4.69, 9.17) is 0 Å². The normalized spacial score (nSPS) is 27.1. The first-order valence-electron chi connectivity index (χ1n) is 6.15. The van der Waals surface area contributed by atoms with Gasteiger partial charge in [-0.25, -0.2) is 10.4 Å². The van der Waals surface area contributed by atoms with Gasteiger partial charge in [0, 0.05) is 22.7 Å². The fraction of sp³-hybridized carbons (Fsp3) is 0.462. The summed E-state index contributed by atoms with van der Waals surface area (Å²) in [5, 5.41) is 7.03. The van der Waals surface area contributed by atoms with Crippen LogP contribution in [-0.4, -0.2) is 16.6 Å². The van der Waals surface area contributed by atoms with Crippen LogP contribution in [0.4, 0.5) is 0 Å². The molecule has 3 rings (SSSR count).